The molecule has 1 aromatic heterocycles. The summed E-state index contributed by atoms with van der Waals surface area (Å²) in [6.07, 6.45) is 2.79. The van der Waals surface area contributed by atoms with E-state index in [-0.39, 0.29) is 22.3 Å². The average Bonchev–Trinajstić information content (AvgIpc) is 3.10. The number of aromatic nitrogens is 2. The van der Waals surface area contributed by atoms with Gasteiger partial charge in [-0.25, -0.2) is 13.1 Å². The maximum Gasteiger partial charge on any atom is 0.274 e. The van der Waals surface area contributed by atoms with Gasteiger partial charge in [-0.3, -0.25) is 4.79 Å². The Morgan fingerprint density at radius 3 is 2.57 bits per heavy atom. The third-order valence-electron chi connectivity index (χ3n) is 5.12. The molecule has 7 nitrogen and oxygen atoms in total. The SMILES string of the molecule is C=CC1=C(C=C)S(=O)(=O)Cc2c(C(=O)N3CCOCC3)nn(-c3cccc(Br)c3)c21. The minimum atomic E-state index is -3.68. The van der Waals surface area contributed by atoms with Crippen LogP contribution in [-0.4, -0.2) is 55.3 Å². The average molecular weight is 490 g/mol. The van der Waals surface area contributed by atoms with Crippen LogP contribution in [0.3, 0.4) is 0 Å². The second-order valence-electron chi connectivity index (χ2n) is 6.92. The summed E-state index contributed by atoms with van der Waals surface area (Å²) in [5.41, 5.74) is 2.15. The van der Waals surface area contributed by atoms with Gasteiger partial charge in [0.1, 0.15) is 0 Å². The van der Waals surface area contributed by atoms with Crippen LogP contribution < -0.4 is 0 Å². The molecule has 2 aliphatic rings. The molecular weight excluding hydrogens is 470 g/mol. The van der Waals surface area contributed by atoms with Crippen molar-refractivity contribution in [3.05, 3.63) is 75.9 Å². The highest BCUT2D eigenvalue weighted by atomic mass is 79.9. The summed E-state index contributed by atoms with van der Waals surface area (Å²) < 4.78 is 33.6. The van der Waals surface area contributed by atoms with Crippen LogP contribution in [0.1, 0.15) is 21.7 Å². The first-order chi connectivity index (χ1) is 14.4. The lowest BCUT2D eigenvalue weighted by Crippen LogP contribution is -2.41. The maximum absolute atomic E-state index is 13.3. The van der Waals surface area contributed by atoms with Gasteiger partial charge in [0.25, 0.3) is 5.91 Å². The molecule has 1 fully saturated rings. The van der Waals surface area contributed by atoms with Crippen molar-refractivity contribution in [2.24, 2.45) is 0 Å². The lowest BCUT2D eigenvalue weighted by atomic mass is 10.0. The number of allylic oxidation sites excluding steroid dienone is 3. The molecule has 9 heteroatoms. The lowest BCUT2D eigenvalue weighted by molar-refractivity contribution is 0.0298. The number of fused-ring (bicyclic) bond motifs is 1. The zero-order chi connectivity index (χ0) is 21.5. The van der Waals surface area contributed by atoms with Crippen LogP contribution >= 0.6 is 15.9 Å². The van der Waals surface area contributed by atoms with Gasteiger partial charge in [-0.15, -0.1) is 0 Å². The van der Waals surface area contributed by atoms with E-state index >= 15 is 0 Å². The fourth-order valence-electron chi connectivity index (χ4n) is 3.73. The van der Waals surface area contributed by atoms with Gasteiger partial charge in [0.15, 0.2) is 15.5 Å². The van der Waals surface area contributed by atoms with Crippen LogP contribution in [0.4, 0.5) is 0 Å². The van der Waals surface area contributed by atoms with E-state index in [1.165, 1.54) is 12.2 Å². The van der Waals surface area contributed by atoms with Crippen molar-refractivity contribution in [1.29, 1.82) is 0 Å². The highest BCUT2D eigenvalue weighted by Gasteiger charge is 2.37. The number of sulfone groups is 1. The van der Waals surface area contributed by atoms with Gasteiger partial charge in [0.05, 0.1) is 35.3 Å². The fraction of sp³-hybridized carbons (Fsp3) is 0.238. The van der Waals surface area contributed by atoms with Crippen LogP contribution in [0, 0.1) is 0 Å². The van der Waals surface area contributed by atoms with E-state index in [1.54, 1.807) is 9.58 Å². The molecule has 30 heavy (non-hydrogen) atoms. The quantitative estimate of drug-likeness (QED) is 0.658. The fourth-order valence-corrected chi connectivity index (χ4v) is 5.70. The van der Waals surface area contributed by atoms with Crippen molar-refractivity contribution in [3.63, 3.8) is 0 Å². The van der Waals surface area contributed by atoms with E-state index in [2.05, 4.69) is 34.2 Å². The molecule has 2 aliphatic heterocycles. The Kier molecular flexibility index (Phi) is 5.52. The number of morpholine rings is 1. The number of halogens is 1. The summed E-state index contributed by atoms with van der Waals surface area (Å²) in [4.78, 5) is 15.0. The summed E-state index contributed by atoms with van der Waals surface area (Å²) in [5.74, 6) is -0.621. The predicted molar refractivity (Wildman–Crippen MR) is 118 cm³/mol. The summed E-state index contributed by atoms with van der Waals surface area (Å²) in [6, 6.07) is 7.43. The molecule has 0 spiro atoms. The zero-order valence-electron chi connectivity index (χ0n) is 16.2. The van der Waals surface area contributed by atoms with Crippen molar-refractivity contribution in [1.82, 2.24) is 14.7 Å². The van der Waals surface area contributed by atoms with Gasteiger partial charge in [-0.2, -0.15) is 5.10 Å². The number of hydrogen-bond donors (Lipinski definition) is 0. The van der Waals surface area contributed by atoms with Gasteiger partial charge in [-0.1, -0.05) is 47.3 Å². The second kappa shape index (κ2) is 7.98. The van der Waals surface area contributed by atoms with E-state index in [0.717, 1.165) is 4.47 Å². The highest BCUT2D eigenvalue weighted by Crippen LogP contribution is 2.38. The van der Waals surface area contributed by atoms with E-state index < -0.39 is 9.84 Å². The molecule has 4 rings (SSSR count). The number of carbonyl (C=O) groups is 1. The minimum Gasteiger partial charge on any atom is -0.378 e. The summed E-state index contributed by atoms with van der Waals surface area (Å²) in [5, 5.41) is 4.59. The van der Waals surface area contributed by atoms with Gasteiger partial charge in [0, 0.05) is 28.7 Å². The van der Waals surface area contributed by atoms with E-state index in [1.807, 2.05) is 24.3 Å². The first kappa shape index (κ1) is 20.8. The lowest BCUT2D eigenvalue weighted by Gasteiger charge is -2.26. The topological polar surface area (TPSA) is 81.5 Å². The number of ether oxygens (including phenoxy) is 1. The predicted octanol–water partition coefficient (Wildman–Crippen LogP) is 3.12. The number of amides is 1. The van der Waals surface area contributed by atoms with Gasteiger partial charge in [-0.05, 0) is 18.2 Å². The molecule has 0 N–H and O–H groups in total. The number of carbonyl (C=O) groups excluding carboxylic acids is 1. The smallest absolute Gasteiger partial charge is 0.274 e. The van der Waals surface area contributed by atoms with Crippen LogP contribution in [0.2, 0.25) is 0 Å². The Balaban J connectivity index is 1.99. The molecule has 2 aromatic rings. The molecule has 0 aliphatic carbocycles. The Morgan fingerprint density at radius 1 is 1.20 bits per heavy atom. The Morgan fingerprint density at radius 2 is 1.93 bits per heavy atom. The third-order valence-corrected chi connectivity index (χ3v) is 7.34. The van der Waals surface area contributed by atoms with Gasteiger partial charge < -0.3 is 9.64 Å². The Labute approximate surface area is 183 Å². The van der Waals surface area contributed by atoms with Crippen LogP contribution in [0.25, 0.3) is 11.3 Å². The number of benzene rings is 1. The number of nitrogens with zero attached hydrogens (tertiary/aromatic N) is 3. The minimum absolute atomic E-state index is 0.0894. The van der Waals surface area contributed by atoms with E-state index in [4.69, 9.17) is 4.74 Å². The monoisotopic (exact) mass is 489 g/mol. The molecule has 1 saturated heterocycles. The molecule has 1 amide bonds. The highest BCUT2D eigenvalue weighted by molar-refractivity contribution is 9.10. The van der Waals surface area contributed by atoms with Crippen molar-refractivity contribution in [3.8, 4) is 5.69 Å². The summed E-state index contributed by atoms with van der Waals surface area (Å²) in [6.45, 7) is 9.24. The normalized spacial score (nSPS) is 18.1. The third kappa shape index (κ3) is 3.46. The number of hydrogen-bond acceptors (Lipinski definition) is 5. The molecule has 0 unspecified atom stereocenters. The van der Waals surface area contributed by atoms with Gasteiger partial charge in [0.2, 0.25) is 0 Å². The van der Waals surface area contributed by atoms with Crippen LogP contribution in [0.5, 0.6) is 0 Å². The molecule has 0 atom stereocenters. The second-order valence-corrected chi connectivity index (χ2v) is 9.79. The maximum atomic E-state index is 13.3. The Bertz CT molecular complexity index is 1190. The van der Waals surface area contributed by atoms with Crippen molar-refractivity contribution < 1.29 is 17.9 Å². The van der Waals surface area contributed by atoms with Crippen molar-refractivity contribution >= 4 is 37.2 Å². The molecule has 3 heterocycles. The molecular formula is C21H20BrN3O4S. The standard InChI is InChI=1S/C21H20BrN3O4S/c1-3-16-18(4-2)30(27,28)13-17-19(21(26)24-8-10-29-11-9-24)23-25(20(16)17)15-7-5-6-14(22)12-15/h3-7,12H,1-2,8-11,13H2. The molecule has 156 valence electrons. The van der Waals surface area contributed by atoms with E-state index in [0.29, 0.717) is 48.8 Å². The molecule has 0 bridgehead atoms. The molecule has 0 saturated carbocycles. The summed E-state index contributed by atoms with van der Waals surface area (Å²) in [7, 11) is -3.68. The van der Waals surface area contributed by atoms with Crippen LogP contribution in [0.15, 0.2) is 59.0 Å². The Hall–Kier alpha value is -2.49. The number of rotatable bonds is 4. The molecule has 1 aromatic carbocycles. The van der Waals surface area contributed by atoms with Crippen molar-refractivity contribution in [2.75, 3.05) is 26.3 Å². The van der Waals surface area contributed by atoms with Gasteiger partial charge >= 0.3 is 0 Å². The molecule has 0 radical (unpaired) electrons. The van der Waals surface area contributed by atoms with Crippen LogP contribution in [-0.2, 0) is 20.3 Å². The summed E-state index contributed by atoms with van der Waals surface area (Å²) >= 11 is 3.46. The van der Waals surface area contributed by atoms with Crippen molar-refractivity contribution in [2.45, 2.75) is 5.75 Å². The zero-order valence-corrected chi connectivity index (χ0v) is 18.6. The van der Waals surface area contributed by atoms with E-state index in [9.17, 15) is 13.2 Å². The first-order valence-electron chi connectivity index (χ1n) is 9.34. The first-order valence-corrected chi connectivity index (χ1v) is 11.8. The largest absolute Gasteiger partial charge is 0.378 e.